The summed E-state index contributed by atoms with van der Waals surface area (Å²) >= 11 is 0. The molecular formula is C42H51N3O6S. The monoisotopic (exact) mass is 725 g/mol. The summed E-state index contributed by atoms with van der Waals surface area (Å²) in [5.74, 6) is -0.817. The lowest BCUT2D eigenvalue weighted by atomic mass is 9.82. The molecule has 1 unspecified atom stereocenters. The molecule has 0 spiro atoms. The minimum absolute atomic E-state index is 0.0146. The van der Waals surface area contributed by atoms with E-state index in [0.717, 1.165) is 56.2 Å². The van der Waals surface area contributed by atoms with E-state index in [1.807, 2.05) is 50.2 Å². The maximum atomic E-state index is 13.8. The number of unbranched alkanes of at least 4 members (excludes halogenated alkanes) is 2. The molecule has 0 aromatic heterocycles. The van der Waals surface area contributed by atoms with Crippen molar-refractivity contribution in [3.05, 3.63) is 118 Å². The van der Waals surface area contributed by atoms with Gasteiger partial charge in [0.1, 0.15) is 0 Å². The van der Waals surface area contributed by atoms with Gasteiger partial charge in [-0.2, -0.15) is 0 Å². The molecule has 1 aliphatic carbocycles. The summed E-state index contributed by atoms with van der Waals surface area (Å²) in [4.78, 5) is 27.5. The van der Waals surface area contributed by atoms with Gasteiger partial charge >= 0.3 is 0 Å². The number of sulfonamides is 1. The summed E-state index contributed by atoms with van der Waals surface area (Å²) in [5.41, 5.74) is 7.33. The molecule has 0 radical (unpaired) electrons. The van der Waals surface area contributed by atoms with E-state index in [2.05, 4.69) is 53.5 Å². The third-order valence-corrected chi connectivity index (χ3v) is 9.81. The fraction of sp³-hybridized carbons (Fsp3) is 0.381. The van der Waals surface area contributed by atoms with Crippen LogP contribution >= 0.6 is 0 Å². The Bertz CT molecular complexity index is 1850. The van der Waals surface area contributed by atoms with Crippen LogP contribution in [0.3, 0.4) is 0 Å². The minimum atomic E-state index is -3.09. The number of hydrogen-bond donors (Lipinski definition) is 3. The molecule has 52 heavy (non-hydrogen) atoms. The summed E-state index contributed by atoms with van der Waals surface area (Å²) in [5, 5.41) is 6.83. The number of rotatable bonds is 14. The Labute approximate surface area is 308 Å². The third kappa shape index (κ3) is 10.4. The molecule has 1 aliphatic heterocycles. The van der Waals surface area contributed by atoms with Gasteiger partial charge in [-0.15, -0.1) is 0 Å². The van der Waals surface area contributed by atoms with Gasteiger partial charge in [-0.25, -0.2) is 13.1 Å². The topological polar surface area (TPSA) is 123 Å². The van der Waals surface area contributed by atoms with Crippen LogP contribution in [0.25, 0.3) is 0 Å². The highest BCUT2D eigenvalue weighted by atomic mass is 32.2. The van der Waals surface area contributed by atoms with Crippen molar-refractivity contribution < 1.29 is 27.5 Å². The van der Waals surface area contributed by atoms with Crippen molar-refractivity contribution in [2.45, 2.75) is 84.5 Å². The Kier molecular flexibility index (Phi) is 13.0. The number of ketones is 2. The number of nitrogens with one attached hydrogen (secondary N) is 3. The normalized spacial score (nSPS) is 16.1. The van der Waals surface area contributed by atoms with E-state index in [4.69, 9.17) is 9.47 Å². The predicted molar refractivity (Wildman–Crippen MR) is 209 cm³/mol. The zero-order valence-electron chi connectivity index (χ0n) is 30.9. The molecule has 0 saturated carbocycles. The minimum Gasteiger partial charge on any atom is -0.355 e. The van der Waals surface area contributed by atoms with Crippen LogP contribution in [-0.4, -0.2) is 51.3 Å². The Morgan fingerprint density at radius 2 is 1.17 bits per heavy atom. The van der Waals surface area contributed by atoms with Gasteiger partial charge in [0.25, 0.3) is 0 Å². The first-order valence-corrected chi connectivity index (χ1v) is 20.1. The largest absolute Gasteiger partial charge is 0.355 e. The van der Waals surface area contributed by atoms with Crippen molar-refractivity contribution in [1.29, 1.82) is 0 Å². The van der Waals surface area contributed by atoms with E-state index in [1.165, 1.54) is 11.1 Å². The Morgan fingerprint density at radius 3 is 1.56 bits per heavy atom. The highest BCUT2D eigenvalue weighted by Crippen LogP contribution is 2.38. The van der Waals surface area contributed by atoms with Gasteiger partial charge in [-0.1, -0.05) is 75.2 Å². The Balaban J connectivity index is 0.000000314. The average molecular weight is 726 g/mol. The smallest absolute Gasteiger partial charge is 0.208 e. The molecule has 2 aliphatic rings. The van der Waals surface area contributed by atoms with Crippen LogP contribution in [0.1, 0.15) is 103 Å². The molecule has 3 N–H and O–H groups in total. The molecule has 0 bridgehead atoms. The van der Waals surface area contributed by atoms with Crippen LogP contribution in [0, 0.1) is 0 Å². The number of aryl methyl sites for hydroxylation is 2. The van der Waals surface area contributed by atoms with Gasteiger partial charge in [-0.3, -0.25) is 9.59 Å². The number of carbonyl (C=O) groups excluding carboxylic acids is 2. The fourth-order valence-corrected chi connectivity index (χ4v) is 6.81. The van der Waals surface area contributed by atoms with Crippen molar-refractivity contribution in [2.75, 3.05) is 30.0 Å². The maximum absolute atomic E-state index is 13.8. The molecule has 1 fully saturated rings. The molecule has 1 atom stereocenters. The fourth-order valence-electron chi connectivity index (χ4n) is 6.32. The number of hydrogen-bond acceptors (Lipinski definition) is 8. The molecule has 10 heteroatoms. The van der Waals surface area contributed by atoms with Gasteiger partial charge in [0.15, 0.2) is 17.4 Å². The van der Waals surface area contributed by atoms with Gasteiger partial charge in [0, 0.05) is 29.0 Å². The Hall–Kier alpha value is -4.35. The van der Waals surface area contributed by atoms with Crippen LogP contribution in [-0.2, 0) is 32.3 Å². The van der Waals surface area contributed by atoms with Crippen molar-refractivity contribution in [1.82, 2.24) is 4.72 Å². The van der Waals surface area contributed by atoms with Crippen LogP contribution in [0.5, 0.6) is 0 Å². The molecule has 6 rings (SSSR count). The summed E-state index contributed by atoms with van der Waals surface area (Å²) < 4.78 is 34.8. The van der Waals surface area contributed by atoms with Crippen LogP contribution in [0.4, 0.5) is 22.7 Å². The maximum Gasteiger partial charge on any atom is 0.208 e. The number of anilines is 4. The summed E-state index contributed by atoms with van der Waals surface area (Å²) in [7, 11) is -3.09. The zero-order chi connectivity index (χ0) is 37.3. The van der Waals surface area contributed by atoms with Gasteiger partial charge < -0.3 is 20.1 Å². The van der Waals surface area contributed by atoms with Crippen LogP contribution < -0.4 is 15.4 Å². The lowest BCUT2D eigenvalue weighted by molar-refractivity contribution is -0.138. The lowest BCUT2D eigenvalue weighted by Gasteiger charge is -2.24. The van der Waals surface area contributed by atoms with Crippen molar-refractivity contribution in [3.63, 3.8) is 0 Å². The first kappa shape index (κ1) is 38.9. The van der Waals surface area contributed by atoms with E-state index in [1.54, 1.807) is 24.3 Å². The first-order chi connectivity index (χ1) is 24.9. The third-order valence-electron chi connectivity index (χ3n) is 9.08. The van der Waals surface area contributed by atoms with Gasteiger partial charge in [-0.05, 0) is 93.5 Å². The van der Waals surface area contributed by atoms with Crippen LogP contribution in [0.2, 0.25) is 0 Å². The van der Waals surface area contributed by atoms with Gasteiger partial charge in [0.2, 0.25) is 10.0 Å². The molecule has 9 nitrogen and oxygen atoms in total. The molecule has 4 aromatic rings. The van der Waals surface area contributed by atoms with E-state index in [0.29, 0.717) is 53.2 Å². The molecule has 276 valence electrons. The van der Waals surface area contributed by atoms with Crippen molar-refractivity contribution in [2.24, 2.45) is 0 Å². The average Bonchev–Trinajstić information content (AvgIpc) is 3.48. The highest BCUT2D eigenvalue weighted by molar-refractivity contribution is 7.88. The van der Waals surface area contributed by atoms with Crippen molar-refractivity contribution in [3.8, 4) is 0 Å². The second-order valence-electron chi connectivity index (χ2n) is 13.9. The zero-order valence-corrected chi connectivity index (χ0v) is 31.7. The lowest BCUT2D eigenvalue weighted by Crippen LogP contribution is -2.27. The van der Waals surface area contributed by atoms with Gasteiger partial charge in [0.05, 0.1) is 41.5 Å². The molecule has 1 heterocycles. The van der Waals surface area contributed by atoms with E-state index >= 15 is 0 Å². The van der Waals surface area contributed by atoms with E-state index in [9.17, 15) is 18.0 Å². The quantitative estimate of drug-likeness (QED) is 0.104. The number of carbonyl (C=O) groups is 2. The van der Waals surface area contributed by atoms with E-state index in [-0.39, 0.29) is 17.7 Å². The van der Waals surface area contributed by atoms with Crippen molar-refractivity contribution >= 4 is 44.3 Å². The molecule has 1 saturated heterocycles. The SMILES string of the molecule is CC1(C)OCC(CCNS(C)(=O)=O)O1.CCCCc1ccc(Nc2ccc(Nc3ccc(CCCC)cc3)c3c2C(=O)c2ccccc2C3=O)cc1. The number of fused-ring (bicyclic) bond motifs is 2. The second kappa shape index (κ2) is 17.4. The summed E-state index contributed by atoms with van der Waals surface area (Å²) in [6, 6.07) is 27.5. The predicted octanol–water partition coefficient (Wildman–Crippen LogP) is 8.71. The second-order valence-corrected chi connectivity index (χ2v) is 15.7. The molecule has 4 aromatic carbocycles. The Morgan fingerprint density at radius 1 is 0.712 bits per heavy atom. The highest BCUT2D eigenvalue weighted by Gasteiger charge is 2.34. The number of benzene rings is 4. The standard InChI is InChI=1S/C34H34N2O2.C8H17NO4S/c1-3-5-9-23-13-17-25(18-14-23)35-29-21-22-30(36-26-19-15-24(16-20-26)10-6-4-2)32-31(29)33(37)27-11-7-8-12-28(27)34(32)38;1-8(2)12-6-7(13-8)4-5-9-14(3,10)11/h7-8,11-22,35-36H,3-6,9-10H2,1-2H3;7,9H,4-6H2,1-3H3. The van der Waals surface area contributed by atoms with Crippen LogP contribution in [0.15, 0.2) is 84.9 Å². The first-order valence-electron chi connectivity index (χ1n) is 18.2. The molecule has 0 amide bonds. The summed E-state index contributed by atoms with van der Waals surface area (Å²) in [6.07, 6.45) is 8.50. The number of ether oxygens (including phenoxy) is 2. The molecular weight excluding hydrogens is 675 g/mol. The van der Waals surface area contributed by atoms with E-state index < -0.39 is 15.8 Å². The summed E-state index contributed by atoms with van der Waals surface area (Å²) in [6.45, 7) is 8.99.